The van der Waals surface area contributed by atoms with Gasteiger partial charge in [-0.25, -0.2) is 0 Å². The molecule has 4 nitrogen and oxygen atoms in total. The molecule has 1 aromatic rings. The number of likely N-dealkylation sites (tertiary alicyclic amines) is 1. The number of piperidine rings is 1. The molecule has 2 atom stereocenters. The van der Waals surface area contributed by atoms with Crippen LogP contribution in [0.3, 0.4) is 0 Å². The number of hydrogen-bond acceptors (Lipinski definition) is 4. The summed E-state index contributed by atoms with van der Waals surface area (Å²) in [5.41, 5.74) is 3.43. The van der Waals surface area contributed by atoms with E-state index < -0.39 is 11.4 Å². The molecule has 0 aromatic heterocycles. The Morgan fingerprint density at radius 1 is 1.19 bits per heavy atom. The van der Waals surface area contributed by atoms with Crippen molar-refractivity contribution in [2.24, 2.45) is 5.41 Å². The van der Waals surface area contributed by atoms with Crippen molar-refractivity contribution in [3.05, 3.63) is 34.9 Å². The molecule has 1 unspecified atom stereocenters. The minimum absolute atomic E-state index is 0.0444. The fraction of sp³-hybridized carbons (Fsp3) is 0.682. The molecule has 1 heterocycles. The van der Waals surface area contributed by atoms with Crippen molar-refractivity contribution in [1.29, 1.82) is 5.26 Å². The van der Waals surface area contributed by atoms with Gasteiger partial charge in [0.1, 0.15) is 4.75 Å². The number of rotatable bonds is 2. The summed E-state index contributed by atoms with van der Waals surface area (Å²) in [7, 11) is 0. The molecule has 2 aliphatic rings. The second-order valence-corrected chi connectivity index (χ2v) is 12.2. The molecule has 1 aliphatic carbocycles. The molecule has 1 saturated heterocycles. The fourth-order valence-corrected chi connectivity index (χ4v) is 5.41. The maximum Gasteiger partial charge on any atom is 0.136 e. The van der Waals surface area contributed by atoms with Crippen LogP contribution in [0.25, 0.3) is 0 Å². The van der Waals surface area contributed by atoms with Crippen LogP contribution in [0.5, 0.6) is 0 Å². The lowest BCUT2D eigenvalue weighted by atomic mass is 9.72. The van der Waals surface area contributed by atoms with Crippen molar-refractivity contribution >= 4 is 11.4 Å². The molecule has 0 radical (unpaired) electrons. The first-order chi connectivity index (χ1) is 12.5. The zero-order chi connectivity index (χ0) is 20.0. The predicted molar refractivity (Wildman–Crippen MR) is 112 cm³/mol. The second-order valence-electron chi connectivity index (χ2n) is 10.2. The summed E-state index contributed by atoms with van der Waals surface area (Å²) in [5.74, 6) is 0. The van der Waals surface area contributed by atoms with Gasteiger partial charge in [0.15, 0.2) is 0 Å². The maximum atomic E-state index is 13.0. The highest BCUT2D eigenvalue weighted by molar-refractivity contribution is 7.90. The van der Waals surface area contributed by atoms with Crippen LogP contribution >= 0.6 is 0 Å². The standard InChI is InChI=1S/C22H33N3OS/c1-20(2,3)25-11-9-22(10-12-25)14-17-8-7-16(15-23)13-18(17)19(22)24-27(26)21(4,5)6/h7-8,13,19,24H,9-12,14H2,1-6H3/t19?,27-/m1/s1. The van der Waals surface area contributed by atoms with Crippen LogP contribution in [0.15, 0.2) is 18.2 Å². The van der Waals surface area contributed by atoms with E-state index in [0.717, 1.165) is 32.4 Å². The molecule has 1 spiro atoms. The van der Waals surface area contributed by atoms with Crippen molar-refractivity contribution in [2.75, 3.05) is 13.1 Å². The zero-order valence-corrected chi connectivity index (χ0v) is 18.4. The monoisotopic (exact) mass is 387 g/mol. The quantitative estimate of drug-likeness (QED) is 0.777. The Morgan fingerprint density at radius 2 is 1.81 bits per heavy atom. The van der Waals surface area contributed by atoms with Crippen LogP contribution in [0.4, 0.5) is 0 Å². The van der Waals surface area contributed by atoms with E-state index in [-0.39, 0.29) is 21.7 Å². The normalized spacial score (nSPS) is 23.9. The van der Waals surface area contributed by atoms with E-state index in [1.165, 1.54) is 11.1 Å². The van der Waals surface area contributed by atoms with E-state index in [4.69, 9.17) is 0 Å². The average Bonchev–Trinajstić information content (AvgIpc) is 2.86. The number of nitrogens with zero attached hydrogens (tertiary/aromatic N) is 2. The number of nitrogens with one attached hydrogen (secondary N) is 1. The third-order valence-electron chi connectivity index (χ3n) is 6.23. The lowest BCUT2D eigenvalue weighted by Crippen LogP contribution is -2.53. The van der Waals surface area contributed by atoms with Gasteiger partial charge in [-0.05, 0) is 97.2 Å². The Bertz CT molecular complexity index is 733. The van der Waals surface area contributed by atoms with Gasteiger partial charge in [-0.15, -0.1) is 4.72 Å². The van der Waals surface area contributed by atoms with Crippen LogP contribution in [-0.2, 0) is 17.8 Å². The molecule has 1 fully saturated rings. The number of hydrogen-bond donors (Lipinski definition) is 1. The van der Waals surface area contributed by atoms with Gasteiger partial charge in [0.05, 0.1) is 17.7 Å². The third kappa shape index (κ3) is 4.05. The number of benzene rings is 1. The molecule has 0 bridgehead atoms. The van der Waals surface area contributed by atoms with Gasteiger partial charge in [-0.2, -0.15) is 5.26 Å². The van der Waals surface area contributed by atoms with E-state index in [2.05, 4.69) is 42.5 Å². The molecule has 1 N–H and O–H groups in total. The second kappa shape index (κ2) is 7.08. The molecular weight excluding hydrogens is 354 g/mol. The summed E-state index contributed by atoms with van der Waals surface area (Å²) in [6.45, 7) is 15.0. The van der Waals surface area contributed by atoms with Crippen molar-refractivity contribution in [2.45, 2.75) is 77.1 Å². The summed E-state index contributed by atoms with van der Waals surface area (Å²) in [5, 5.41) is 9.36. The Balaban J connectivity index is 1.93. The van der Waals surface area contributed by atoms with Crippen LogP contribution in [0.2, 0.25) is 0 Å². The molecule has 0 amide bonds. The van der Waals surface area contributed by atoms with E-state index in [0.29, 0.717) is 5.56 Å². The molecule has 1 aliphatic heterocycles. The van der Waals surface area contributed by atoms with E-state index >= 15 is 0 Å². The Morgan fingerprint density at radius 3 is 2.33 bits per heavy atom. The number of nitriles is 1. The van der Waals surface area contributed by atoms with Crippen LogP contribution < -0.4 is 4.72 Å². The van der Waals surface area contributed by atoms with Gasteiger partial charge in [-0.1, -0.05) is 6.07 Å². The Hall–Kier alpha value is -1.06. The minimum Gasteiger partial charge on any atom is -0.598 e. The molecule has 3 rings (SSSR count). The average molecular weight is 388 g/mol. The largest absolute Gasteiger partial charge is 0.598 e. The van der Waals surface area contributed by atoms with Crippen molar-refractivity contribution in [3.8, 4) is 6.07 Å². The molecular formula is C22H33N3OS. The highest BCUT2D eigenvalue weighted by atomic mass is 32.2. The summed E-state index contributed by atoms with van der Waals surface area (Å²) in [6.07, 6.45) is 3.17. The van der Waals surface area contributed by atoms with Crippen molar-refractivity contribution < 1.29 is 4.55 Å². The topological polar surface area (TPSA) is 62.1 Å². The molecule has 148 valence electrons. The number of fused-ring (bicyclic) bond motifs is 1. The van der Waals surface area contributed by atoms with Crippen molar-refractivity contribution in [3.63, 3.8) is 0 Å². The van der Waals surface area contributed by atoms with Gasteiger partial charge in [0.25, 0.3) is 0 Å². The van der Waals surface area contributed by atoms with E-state index in [1.807, 2.05) is 32.9 Å². The fourth-order valence-electron chi connectivity index (χ4n) is 4.47. The first-order valence-corrected chi connectivity index (χ1v) is 11.1. The Labute approximate surface area is 167 Å². The van der Waals surface area contributed by atoms with Crippen molar-refractivity contribution in [1.82, 2.24) is 9.62 Å². The highest BCUT2D eigenvalue weighted by Gasteiger charge is 2.51. The van der Waals surface area contributed by atoms with Crippen LogP contribution in [-0.4, -0.2) is 32.8 Å². The highest BCUT2D eigenvalue weighted by Crippen LogP contribution is 2.53. The summed E-state index contributed by atoms with van der Waals surface area (Å²) in [4.78, 5) is 2.56. The van der Waals surface area contributed by atoms with Crippen LogP contribution in [0.1, 0.15) is 77.1 Å². The zero-order valence-electron chi connectivity index (χ0n) is 17.6. The summed E-state index contributed by atoms with van der Waals surface area (Å²) >= 11 is -1.14. The lowest BCUT2D eigenvalue weighted by Gasteiger charge is -2.47. The van der Waals surface area contributed by atoms with E-state index in [1.54, 1.807) is 0 Å². The molecule has 0 saturated carbocycles. The van der Waals surface area contributed by atoms with Crippen LogP contribution in [0, 0.1) is 16.7 Å². The maximum absolute atomic E-state index is 13.0. The van der Waals surface area contributed by atoms with Gasteiger partial charge in [0, 0.05) is 22.3 Å². The molecule has 27 heavy (non-hydrogen) atoms. The predicted octanol–water partition coefficient (Wildman–Crippen LogP) is 4.09. The smallest absolute Gasteiger partial charge is 0.136 e. The SMILES string of the molecule is CC(C)(C)N1CCC2(CC1)Cc1ccc(C#N)cc1C2N[S@+]([O-])C(C)(C)C. The first-order valence-electron chi connectivity index (χ1n) is 9.92. The molecule has 1 aromatic carbocycles. The van der Waals surface area contributed by atoms with Gasteiger partial charge in [0.2, 0.25) is 0 Å². The summed E-state index contributed by atoms with van der Waals surface area (Å²) < 4.78 is 16.1. The minimum atomic E-state index is -1.14. The Kier molecular flexibility index (Phi) is 5.42. The van der Waals surface area contributed by atoms with Gasteiger partial charge < -0.3 is 4.55 Å². The van der Waals surface area contributed by atoms with E-state index in [9.17, 15) is 9.81 Å². The first kappa shape index (κ1) is 20.7. The molecule has 5 heteroatoms. The third-order valence-corrected chi connectivity index (χ3v) is 7.79. The lowest BCUT2D eigenvalue weighted by molar-refractivity contribution is 0.0315. The summed E-state index contributed by atoms with van der Waals surface area (Å²) in [6, 6.07) is 8.34. The van der Waals surface area contributed by atoms with Gasteiger partial charge >= 0.3 is 0 Å². The van der Waals surface area contributed by atoms with Gasteiger partial charge in [-0.3, -0.25) is 4.90 Å².